The maximum absolute atomic E-state index is 12.7. The molecule has 1 fully saturated rings. The van der Waals surface area contributed by atoms with Gasteiger partial charge in [-0.2, -0.15) is 0 Å². The van der Waals surface area contributed by atoms with Gasteiger partial charge in [0.15, 0.2) is 0 Å². The fourth-order valence-corrected chi connectivity index (χ4v) is 11.3. The minimum absolute atomic E-state index is 0.0197. The summed E-state index contributed by atoms with van der Waals surface area (Å²) in [5, 5.41) is 0. The number of carbonyl (C=O) groups is 1. The van der Waals surface area contributed by atoms with Crippen LogP contribution in [0.2, 0.25) is 16.6 Å². The lowest BCUT2D eigenvalue weighted by Gasteiger charge is -2.47. The summed E-state index contributed by atoms with van der Waals surface area (Å²) in [6.07, 6.45) is 4.43. The van der Waals surface area contributed by atoms with Gasteiger partial charge in [-0.05, 0) is 42.0 Å². The highest BCUT2D eigenvalue weighted by molar-refractivity contribution is 6.77. The monoisotopic (exact) mass is 388 g/mol. The summed E-state index contributed by atoms with van der Waals surface area (Å²) in [6, 6.07) is 10.8. The molecule has 0 spiro atoms. The SMILES string of the molecule is CC(=O)[C@@H]1CCCC[C@H](c2ccccc2)[C@@H]1O[Si](C(C)C)(C(C)C)C(C)C. The summed E-state index contributed by atoms with van der Waals surface area (Å²) in [4.78, 5) is 12.7. The van der Waals surface area contributed by atoms with Crippen LogP contribution in [0, 0.1) is 5.92 Å². The second-order valence-electron chi connectivity index (χ2n) is 9.42. The molecule has 0 heterocycles. The third-order valence-corrected chi connectivity index (χ3v) is 13.0. The zero-order valence-corrected chi connectivity index (χ0v) is 19.5. The van der Waals surface area contributed by atoms with Gasteiger partial charge in [0.25, 0.3) is 0 Å². The Morgan fingerprint density at radius 3 is 1.93 bits per heavy atom. The summed E-state index contributed by atoms with van der Waals surface area (Å²) in [6.45, 7) is 15.8. The van der Waals surface area contributed by atoms with E-state index >= 15 is 0 Å². The summed E-state index contributed by atoms with van der Waals surface area (Å²) in [5.74, 6) is 0.661. The number of ketones is 1. The first-order chi connectivity index (χ1) is 12.7. The average Bonchev–Trinajstić information content (AvgIpc) is 2.81. The van der Waals surface area contributed by atoms with E-state index in [9.17, 15) is 4.79 Å². The van der Waals surface area contributed by atoms with Crippen LogP contribution in [0.25, 0.3) is 0 Å². The van der Waals surface area contributed by atoms with Gasteiger partial charge in [-0.25, -0.2) is 0 Å². The highest BCUT2D eigenvalue weighted by Crippen LogP contribution is 2.47. The first kappa shape index (κ1) is 22.4. The Bertz CT molecular complexity index is 572. The van der Waals surface area contributed by atoms with Crippen LogP contribution in [0.15, 0.2) is 30.3 Å². The predicted molar refractivity (Wildman–Crippen MR) is 118 cm³/mol. The van der Waals surface area contributed by atoms with E-state index in [1.807, 2.05) is 0 Å². The zero-order chi connectivity index (χ0) is 20.2. The third kappa shape index (κ3) is 4.74. The molecule has 0 bridgehead atoms. The van der Waals surface area contributed by atoms with E-state index in [-0.39, 0.29) is 12.0 Å². The molecule has 2 nitrogen and oxygen atoms in total. The van der Waals surface area contributed by atoms with E-state index in [1.54, 1.807) is 6.92 Å². The van der Waals surface area contributed by atoms with Crippen molar-refractivity contribution in [3.63, 3.8) is 0 Å². The van der Waals surface area contributed by atoms with Gasteiger partial charge in [0.1, 0.15) is 5.78 Å². The Labute approximate surface area is 168 Å². The highest BCUT2D eigenvalue weighted by atomic mass is 28.4. The second kappa shape index (κ2) is 9.51. The maximum atomic E-state index is 12.7. The van der Waals surface area contributed by atoms with Crippen LogP contribution < -0.4 is 0 Å². The number of Topliss-reactive ketones (excluding diaryl/α,β-unsaturated/α-hetero) is 1. The van der Waals surface area contributed by atoms with Crippen LogP contribution in [-0.4, -0.2) is 20.2 Å². The number of hydrogen-bond donors (Lipinski definition) is 0. The van der Waals surface area contributed by atoms with Crippen molar-refractivity contribution in [3.05, 3.63) is 35.9 Å². The average molecular weight is 389 g/mol. The van der Waals surface area contributed by atoms with Crippen LogP contribution >= 0.6 is 0 Å². The van der Waals surface area contributed by atoms with Crippen molar-refractivity contribution in [3.8, 4) is 0 Å². The Kier molecular flexibility index (Phi) is 7.88. The van der Waals surface area contributed by atoms with Gasteiger partial charge in [-0.3, -0.25) is 4.79 Å². The van der Waals surface area contributed by atoms with Gasteiger partial charge >= 0.3 is 0 Å². The smallest absolute Gasteiger partial charge is 0.200 e. The molecule has 1 aliphatic carbocycles. The number of hydrogen-bond acceptors (Lipinski definition) is 2. The van der Waals surface area contributed by atoms with Crippen LogP contribution in [0.5, 0.6) is 0 Å². The molecule has 1 aliphatic rings. The molecule has 0 N–H and O–H groups in total. The van der Waals surface area contributed by atoms with Crippen molar-refractivity contribution < 1.29 is 9.22 Å². The quantitative estimate of drug-likeness (QED) is 0.367. The first-order valence-electron chi connectivity index (χ1n) is 10.9. The molecule has 152 valence electrons. The molecule has 1 aromatic rings. The fraction of sp³-hybridized carbons (Fsp3) is 0.708. The summed E-state index contributed by atoms with van der Waals surface area (Å²) in [7, 11) is -2.05. The molecule has 0 unspecified atom stereocenters. The first-order valence-corrected chi connectivity index (χ1v) is 13.1. The van der Waals surface area contributed by atoms with E-state index in [0.29, 0.717) is 28.3 Å². The molecular weight excluding hydrogens is 348 g/mol. The molecule has 0 radical (unpaired) electrons. The van der Waals surface area contributed by atoms with Gasteiger partial charge in [-0.15, -0.1) is 0 Å². The van der Waals surface area contributed by atoms with E-state index in [0.717, 1.165) is 19.3 Å². The Morgan fingerprint density at radius 1 is 0.926 bits per heavy atom. The minimum atomic E-state index is -2.05. The van der Waals surface area contributed by atoms with Gasteiger partial charge in [0, 0.05) is 11.8 Å². The van der Waals surface area contributed by atoms with E-state index in [2.05, 4.69) is 71.9 Å². The third-order valence-electron chi connectivity index (χ3n) is 6.87. The normalized spacial score (nSPS) is 24.4. The van der Waals surface area contributed by atoms with Crippen molar-refractivity contribution >= 4 is 14.1 Å². The Balaban J connectivity index is 2.53. The zero-order valence-electron chi connectivity index (χ0n) is 18.5. The lowest BCUT2D eigenvalue weighted by Crippen LogP contribution is -2.53. The van der Waals surface area contributed by atoms with Crippen molar-refractivity contribution in [2.75, 3.05) is 0 Å². The molecule has 3 heteroatoms. The summed E-state index contributed by atoms with van der Waals surface area (Å²) in [5.41, 5.74) is 2.94. The molecule has 0 aromatic heterocycles. The number of rotatable bonds is 7. The maximum Gasteiger partial charge on any atom is 0.200 e. The number of benzene rings is 1. The van der Waals surface area contributed by atoms with E-state index < -0.39 is 8.32 Å². The van der Waals surface area contributed by atoms with Crippen molar-refractivity contribution in [1.82, 2.24) is 0 Å². The molecule has 1 aromatic carbocycles. The Morgan fingerprint density at radius 2 is 1.44 bits per heavy atom. The van der Waals surface area contributed by atoms with E-state index in [4.69, 9.17) is 4.43 Å². The van der Waals surface area contributed by atoms with Crippen molar-refractivity contribution in [1.29, 1.82) is 0 Å². The molecule has 0 saturated heterocycles. The van der Waals surface area contributed by atoms with Crippen LogP contribution in [0.3, 0.4) is 0 Å². The fourth-order valence-electron chi connectivity index (χ4n) is 5.64. The molecule has 0 amide bonds. The van der Waals surface area contributed by atoms with E-state index in [1.165, 1.54) is 12.0 Å². The Hall–Kier alpha value is -0.933. The molecule has 0 aliphatic heterocycles. The second-order valence-corrected chi connectivity index (χ2v) is 14.8. The van der Waals surface area contributed by atoms with Crippen LogP contribution in [0.4, 0.5) is 0 Å². The molecular formula is C24H40O2Si. The molecule has 27 heavy (non-hydrogen) atoms. The number of carbonyl (C=O) groups excluding carboxylic acids is 1. The lowest BCUT2D eigenvalue weighted by molar-refractivity contribution is -0.124. The van der Waals surface area contributed by atoms with Gasteiger partial charge in [0.05, 0.1) is 6.10 Å². The molecule has 1 saturated carbocycles. The topological polar surface area (TPSA) is 26.3 Å². The minimum Gasteiger partial charge on any atom is -0.412 e. The van der Waals surface area contributed by atoms with Gasteiger partial charge < -0.3 is 4.43 Å². The van der Waals surface area contributed by atoms with Crippen molar-refractivity contribution in [2.45, 2.75) is 103 Å². The highest BCUT2D eigenvalue weighted by Gasteiger charge is 2.49. The predicted octanol–water partition coefficient (Wildman–Crippen LogP) is 7.11. The lowest BCUT2D eigenvalue weighted by atomic mass is 9.83. The van der Waals surface area contributed by atoms with Crippen molar-refractivity contribution in [2.24, 2.45) is 5.92 Å². The molecule has 3 atom stereocenters. The van der Waals surface area contributed by atoms with Gasteiger partial charge in [0.2, 0.25) is 8.32 Å². The van der Waals surface area contributed by atoms with Gasteiger partial charge in [-0.1, -0.05) is 84.7 Å². The van der Waals surface area contributed by atoms with Crippen LogP contribution in [0.1, 0.15) is 85.6 Å². The van der Waals surface area contributed by atoms with Crippen LogP contribution in [-0.2, 0) is 9.22 Å². The molecule has 2 rings (SSSR count). The summed E-state index contributed by atoms with van der Waals surface area (Å²) >= 11 is 0. The summed E-state index contributed by atoms with van der Waals surface area (Å²) < 4.78 is 7.30. The largest absolute Gasteiger partial charge is 0.412 e. The standard InChI is InChI=1S/C24H40O2Si/c1-17(2)27(18(3)4,19(5)6)26-24-22(20(7)25)15-11-12-16-23(24)21-13-9-8-10-14-21/h8-10,13-14,17-19,22-24H,11-12,15-16H2,1-7H3/t22-,23+,24+/m0/s1.